The minimum atomic E-state index is -0.470. The maximum atomic E-state index is 11.9. The van der Waals surface area contributed by atoms with E-state index in [9.17, 15) is 9.59 Å². The van der Waals surface area contributed by atoms with E-state index in [1.54, 1.807) is 25.1 Å². The Labute approximate surface area is 136 Å². The lowest BCUT2D eigenvalue weighted by atomic mass is 10.2. The van der Waals surface area contributed by atoms with Crippen molar-refractivity contribution in [1.29, 1.82) is 0 Å². The van der Waals surface area contributed by atoms with Gasteiger partial charge < -0.3 is 4.74 Å². The molecule has 0 spiro atoms. The van der Waals surface area contributed by atoms with Gasteiger partial charge in [0, 0.05) is 11.1 Å². The number of methoxy groups -OCH3 is 1. The predicted molar refractivity (Wildman–Crippen MR) is 87.3 cm³/mol. The molecule has 0 radical (unpaired) electrons. The summed E-state index contributed by atoms with van der Waals surface area (Å²) in [5, 5.41) is 3.50. The number of benzene rings is 1. The van der Waals surface area contributed by atoms with Gasteiger partial charge in [-0.15, -0.1) is 0 Å². The molecule has 1 N–H and O–H groups in total. The van der Waals surface area contributed by atoms with Crippen molar-refractivity contribution < 1.29 is 14.3 Å². The molecule has 22 heavy (non-hydrogen) atoms. The number of ether oxygens (including phenoxy) is 1. The van der Waals surface area contributed by atoms with Crippen molar-refractivity contribution in [2.45, 2.75) is 6.92 Å². The van der Waals surface area contributed by atoms with Crippen LogP contribution in [0.3, 0.4) is 0 Å². The fourth-order valence-electron chi connectivity index (χ4n) is 1.65. The van der Waals surface area contributed by atoms with E-state index in [1.807, 2.05) is 12.1 Å². The largest absolute Gasteiger partial charge is 0.465 e. The minimum absolute atomic E-state index is 0.340. The van der Waals surface area contributed by atoms with Crippen LogP contribution in [0.1, 0.15) is 20.9 Å². The summed E-state index contributed by atoms with van der Waals surface area (Å²) in [6.07, 6.45) is 2.97. The molecule has 0 saturated carbocycles. The SMILES string of the molecule is COC(=O)c1sc(NC(=O)/C=C/c2ccccc2Cl)nc1C. The van der Waals surface area contributed by atoms with Gasteiger partial charge >= 0.3 is 5.97 Å². The number of esters is 1. The number of carbonyl (C=O) groups excluding carboxylic acids is 2. The number of thiazole rings is 1. The van der Waals surface area contributed by atoms with E-state index in [-0.39, 0.29) is 5.91 Å². The Morgan fingerprint density at radius 2 is 2.09 bits per heavy atom. The van der Waals surface area contributed by atoms with Crippen LogP contribution in [0.25, 0.3) is 6.08 Å². The molecule has 0 bridgehead atoms. The summed E-state index contributed by atoms with van der Waals surface area (Å²) in [5.41, 5.74) is 1.26. The summed E-state index contributed by atoms with van der Waals surface area (Å²) in [6.45, 7) is 1.68. The van der Waals surface area contributed by atoms with E-state index in [4.69, 9.17) is 11.6 Å². The number of hydrogen-bond donors (Lipinski definition) is 1. The Morgan fingerprint density at radius 3 is 2.77 bits per heavy atom. The molecule has 0 atom stereocenters. The molecule has 114 valence electrons. The molecule has 0 unspecified atom stereocenters. The first kappa shape index (κ1) is 16.2. The Morgan fingerprint density at radius 1 is 1.36 bits per heavy atom. The van der Waals surface area contributed by atoms with E-state index in [0.29, 0.717) is 20.7 Å². The molecule has 1 aromatic carbocycles. The van der Waals surface area contributed by atoms with Gasteiger partial charge in [0.1, 0.15) is 4.88 Å². The molecule has 2 aromatic rings. The van der Waals surface area contributed by atoms with Gasteiger partial charge in [-0.1, -0.05) is 41.1 Å². The number of aromatic nitrogens is 1. The highest BCUT2D eigenvalue weighted by atomic mass is 35.5. The summed E-state index contributed by atoms with van der Waals surface area (Å²) in [6, 6.07) is 7.18. The molecule has 1 aromatic heterocycles. The number of hydrogen-bond acceptors (Lipinski definition) is 5. The second kappa shape index (κ2) is 7.20. The number of carbonyl (C=O) groups is 2. The smallest absolute Gasteiger partial charge is 0.350 e. The monoisotopic (exact) mass is 336 g/mol. The van der Waals surface area contributed by atoms with Gasteiger partial charge in [0.2, 0.25) is 5.91 Å². The molecule has 0 aliphatic rings. The van der Waals surface area contributed by atoms with Crippen LogP contribution >= 0.6 is 22.9 Å². The summed E-state index contributed by atoms with van der Waals surface area (Å²) >= 11 is 7.07. The fourth-order valence-corrected chi connectivity index (χ4v) is 2.74. The molecule has 2 rings (SSSR count). The number of nitrogens with one attached hydrogen (secondary N) is 1. The van der Waals surface area contributed by atoms with Crippen molar-refractivity contribution in [3.8, 4) is 0 Å². The number of halogens is 1. The van der Waals surface area contributed by atoms with Crippen LogP contribution < -0.4 is 5.32 Å². The molecule has 0 saturated heterocycles. The molecule has 0 aliphatic heterocycles. The summed E-state index contributed by atoms with van der Waals surface area (Å²) < 4.78 is 4.64. The van der Waals surface area contributed by atoms with Gasteiger partial charge in [0.05, 0.1) is 12.8 Å². The van der Waals surface area contributed by atoms with Crippen molar-refractivity contribution in [2.24, 2.45) is 0 Å². The quantitative estimate of drug-likeness (QED) is 0.685. The van der Waals surface area contributed by atoms with Crippen LogP contribution in [-0.2, 0) is 9.53 Å². The minimum Gasteiger partial charge on any atom is -0.465 e. The molecule has 0 aliphatic carbocycles. The second-order valence-corrected chi connectivity index (χ2v) is 5.68. The molecule has 0 fully saturated rings. The first-order valence-electron chi connectivity index (χ1n) is 6.30. The topological polar surface area (TPSA) is 68.3 Å². The van der Waals surface area contributed by atoms with E-state index >= 15 is 0 Å². The molecular formula is C15H13ClN2O3S. The lowest BCUT2D eigenvalue weighted by molar-refractivity contribution is -0.111. The Kier molecular flexibility index (Phi) is 5.30. The van der Waals surface area contributed by atoms with E-state index < -0.39 is 5.97 Å². The summed E-state index contributed by atoms with van der Waals surface area (Å²) in [5.74, 6) is -0.827. The van der Waals surface area contributed by atoms with Gasteiger partial charge in [-0.25, -0.2) is 9.78 Å². The van der Waals surface area contributed by atoms with Gasteiger partial charge in [0.25, 0.3) is 0 Å². The average molecular weight is 337 g/mol. The van der Waals surface area contributed by atoms with Crippen LogP contribution in [-0.4, -0.2) is 24.0 Å². The number of nitrogens with zero attached hydrogens (tertiary/aromatic N) is 1. The van der Waals surface area contributed by atoms with Gasteiger partial charge in [-0.05, 0) is 24.6 Å². The first-order valence-corrected chi connectivity index (χ1v) is 7.50. The molecule has 1 heterocycles. The number of amides is 1. The molecule has 7 heteroatoms. The van der Waals surface area contributed by atoms with Crippen molar-refractivity contribution in [1.82, 2.24) is 4.98 Å². The van der Waals surface area contributed by atoms with Gasteiger partial charge in [-0.3, -0.25) is 10.1 Å². The normalized spacial score (nSPS) is 10.7. The Hall–Kier alpha value is -2.18. The zero-order chi connectivity index (χ0) is 16.1. The first-order chi connectivity index (χ1) is 10.5. The van der Waals surface area contributed by atoms with Gasteiger partial charge in [-0.2, -0.15) is 0 Å². The number of rotatable bonds is 4. The number of aryl methyl sites for hydroxylation is 1. The predicted octanol–water partition coefficient (Wildman–Crippen LogP) is 3.54. The lowest BCUT2D eigenvalue weighted by Gasteiger charge is -1.97. The van der Waals surface area contributed by atoms with Crippen molar-refractivity contribution in [3.63, 3.8) is 0 Å². The lowest BCUT2D eigenvalue weighted by Crippen LogP contribution is -2.07. The van der Waals surface area contributed by atoms with Crippen LogP contribution in [0.4, 0.5) is 5.13 Å². The zero-order valence-electron chi connectivity index (χ0n) is 11.9. The van der Waals surface area contributed by atoms with Crippen molar-refractivity contribution >= 4 is 46.0 Å². The third kappa shape index (κ3) is 3.93. The van der Waals surface area contributed by atoms with E-state index in [0.717, 1.165) is 16.9 Å². The highest BCUT2D eigenvalue weighted by Gasteiger charge is 2.16. The maximum absolute atomic E-state index is 11.9. The van der Waals surface area contributed by atoms with E-state index in [1.165, 1.54) is 13.2 Å². The van der Waals surface area contributed by atoms with Crippen LogP contribution in [0.2, 0.25) is 5.02 Å². The average Bonchev–Trinajstić information content (AvgIpc) is 2.86. The third-order valence-corrected chi connectivity index (χ3v) is 4.11. The highest BCUT2D eigenvalue weighted by molar-refractivity contribution is 7.17. The van der Waals surface area contributed by atoms with E-state index in [2.05, 4.69) is 15.0 Å². The summed E-state index contributed by atoms with van der Waals surface area (Å²) in [7, 11) is 1.30. The maximum Gasteiger partial charge on any atom is 0.350 e. The standard InChI is InChI=1S/C15H13ClN2O3S/c1-9-13(14(20)21-2)22-15(17-9)18-12(19)8-7-10-5-3-4-6-11(10)16/h3-8H,1-2H3,(H,17,18,19)/b8-7+. The van der Waals surface area contributed by atoms with Gasteiger partial charge in [0.15, 0.2) is 5.13 Å². The Balaban J connectivity index is 2.07. The van der Waals surface area contributed by atoms with Crippen LogP contribution in [0, 0.1) is 6.92 Å². The van der Waals surface area contributed by atoms with Crippen LogP contribution in [0.5, 0.6) is 0 Å². The zero-order valence-corrected chi connectivity index (χ0v) is 13.5. The molecular weight excluding hydrogens is 324 g/mol. The highest BCUT2D eigenvalue weighted by Crippen LogP contribution is 2.23. The Bertz CT molecular complexity index is 740. The van der Waals surface area contributed by atoms with Crippen molar-refractivity contribution in [3.05, 3.63) is 51.5 Å². The number of anilines is 1. The molecule has 5 nitrogen and oxygen atoms in total. The van der Waals surface area contributed by atoms with Crippen molar-refractivity contribution in [2.75, 3.05) is 12.4 Å². The molecule has 1 amide bonds. The fraction of sp³-hybridized carbons (Fsp3) is 0.133. The summed E-state index contributed by atoms with van der Waals surface area (Å²) in [4.78, 5) is 27.8. The van der Waals surface area contributed by atoms with Crippen LogP contribution in [0.15, 0.2) is 30.3 Å². The third-order valence-electron chi connectivity index (χ3n) is 2.72. The second-order valence-electron chi connectivity index (χ2n) is 4.27.